The maximum Gasteiger partial charge on any atom is 0.0656 e. The summed E-state index contributed by atoms with van der Waals surface area (Å²) >= 11 is 4.17. The van der Waals surface area contributed by atoms with Gasteiger partial charge in [-0.15, -0.1) is 23.5 Å². The number of hydrogen-bond donors (Lipinski definition) is 0. The topological polar surface area (TPSA) is 23.8 Å². The van der Waals surface area contributed by atoms with Crippen molar-refractivity contribution in [3.8, 4) is 6.07 Å². The van der Waals surface area contributed by atoms with E-state index in [1.165, 1.54) is 17.9 Å². The Hall–Kier alpha value is 0.190. The second kappa shape index (κ2) is 2.91. The summed E-state index contributed by atoms with van der Waals surface area (Å²) in [5, 5.41) is 8.74. The standard InChI is InChI=1S/C8H11NS2/c9-6-7-1-2-8(5-7)10-3-4-11-8/h7H,1-5H2/t7-/m0/s1. The third kappa shape index (κ3) is 1.39. The van der Waals surface area contributed by atoms with E-state index in [-0.39, 0.29) is 0 Å². The van der Waals surface area contributed by atoms with Crippen LogP contribution in [0.2, 0.25) is 0 Å². The van der Waals surface area contributed by atoms with Crippen LogP contribution in [0.15, 0.2) is 0 Å². The van der Waals surface area contributed by atoms with Gasteiger partial charge in [-0.05, 0) is 19.3 Å². The monoisotopic (exact) mass is 185 g/mol. The van der Waals surface area contributed by atoms with Crippen molar-refractivity contribution >= 4 is 23.5 Å². The van der Waals surface area contributed by atoms with Crippen molar-refractivity contribution in [2.45, 2.75) is 23.3 Å². The van der Waals surface area contributed by atoms with Crippen LogP contribution in [0.25, 0.3) is 0 Å². The highest BCUT2D eigenvalue weighted by molar-refractivity contribution is 8.21. The molecule has 3 heteroatoms. The number of rotatable bonds is 0. The van der Waals surface area contributed by atoms with E-state index in [0.29, 0.717) is 10.00 Å². The summed E-state index contributed by atoms with van der Waals surface area (Å²) in [6.45, 7) is 0. The molecule has 0 aromatic rings. The average molecular weight is 185 g/mol. The molecule has 2 fully saturated rings. The molecule has 0 radical (unpaired) electrons. The normalized spacial score (nSPS) is 34.3. The van der Waals surface area contributed by atoms with E-state index in [2.05, 4.69) is 29.6 Å². The SMILES string of the molecule is N#C[C@H]1CCC2(C1)SCCS2. The van der Waals surface area contributed by atoms with Crippen LogP contribution < -0.4 is 0 Å². The van der Waals surface area contributed by atoms with Gasteiger partial charge in [0.1, 0.15) is 0 Å². The Morgan fingerprint density at radius 1 is 1.36 bits per heavy atom. The van der Waals surface area contributed by atoms with Gasteiger partial charge in [-0.25, -0.2) is 0 Å². The molecule has 1 atom stereocenters. The fourth-order valence-corrected chi connectivity index (χ4v) is 5.25. The van der Waals surface area contributed by atoms with Gasteiger partial charge in [0.25, 0.3) is 0 Å². The van der Waals surface area contributed by atoms with Crippen molar-refractivity contribution in [3.63, 3.8) is 0 Å². The van der Waals surface area contributed by atoms with Crippen molar-refractivity contribution in [2.75, 3.05) is 11.5 Å². The molecule has 1 aliphatic heterocycles. The number of nitrogens with zero attached hydrogens (tertiary/aromatic N) is 1. The average Bonchev–Trinajstić information content (AvgIpc) is 2.62. The van der Waals surface area contributed by atoms with Gasteiger partial charge >= 0.3 is 0 Å². The predicted octanol–water partition coefficient (Wildman–Crippen LogP) is 2.49. The Labute approximate surface area is 75.9 Å². The lowest BCUT2D eigenvalue weighted by Crippen LogP contribution is -2.10. The Kier molecular flexibility index (Phi) is 2.07. The van der Waals surface area contributed by atoms with E-state index in [0.717, 1.165) is 12.8 Å². The first kappa shape index (κ1) is 7.82. The zero-order valence-electron chi connectivity index (χ0n) is 6.38. The van der Waals surface area contributed by atoms with Crippen molar-refractivity contribution in [3.05, 3.63) is 0 Å². The van der Waals surface area contributed by atoms with Crippen LogP contribution in [0.3, 0.4) is 0 Å². The molecule has 60 valence electrons. The lowest BCUT2D eigenvalue weighted by Gasteiger charge is -2.19. The highest BCUT2D eigenvalue weighted by atomic mass is 32.2. The van der Waals surface area contributed by atoms with Gasteiger partial charge < -0.3 is 0 Å². The summed E-state index contributed by atoms with van der Waals surface area (Å²) in [6.07, 6.45) is 3.54. The molecule has 1 spiro atoms. The largest absolute Gasteiger partial charge is 0.198 e. The molecular formula is C8H11NS2. The number of thioether (sulfide) groups is 2. The first-order chi connectivity index (χ1) is 5.35. The van der Waals surface area contributed by atoms with E-state index >= 15 is 0 Å². The van der Waals surface area contributed by atoms with E-state index in [9.17, 15) is 0 Å². The number of hydrogen-bond acceptors (Lipinski definition) is 3. The maximum absolute atomic E-state index is 8.74. The zero-order valence-corrected chi connectivity index (χ0v) is 8.01. The van der Waals surface area contributed by atoms with Gasteiger partial charge in [0, 0.05) is 17.4 Å². The molecule has 1 saturated heterocycles. The molecule has 2 aliphatic rings. The summed E-state index contributed by atoms with van der Waals surface area (Å²) in [4.78, 5) is 0. The van der Waals surface area contributed by atoms with Crippen LogP contribution in [0.5, 0.6) is 0 Å². The fourth-order valence-electron chi connectivity index (χ4n) is 1.84. The Balaban J connectivity index is 2.03. The van der Waals surface area contributed by atoms with Crippen LogP contribution >= 0.6 is 23.5 Å². The smallest absolute Gasteiger partial charge is 0.0656 e. The highest BCUT2D eigenvalue weighted by Crippen LogP contribution is 2.55. The van der Waals surface area contributed by atoms with Crippen LogP contribution in [0.4, 0.5) is 0 Å². The van der Waals surface area contributed by atoms with Crippen LogP contribution in [0.1, 0.15) is 19.3 Å². The molecule has 0 amide bonds. The van der Waals surface area contributed by atoms with Crippen LogP contribution in [-0.4, -0.2) is 15.6 Å². The zero-order chi connectivity index (χ0) is 7.73. The quantitative estimate of drug-likeness (QED) is 0.579. The van der Waals surface area contributed by atoms with Crippen LogP contribution in [0, 0.1) is 17.2 Å². The van der Waals surface area contributed by atoms with Crippen LogP contribution in [-0.2, 0) is 0 Å². The number of nitriles is 1. The van der Waals surface area contributed by atoms with E-state index in [4.69, 9.17) is 5.26 Å². The Bertz CT molecular complexity index is 191. The van der Waals surface area contributed by atoms with Crippen molar-refractivity contribution < 1.29 is 0 Å². The summed E-state index contributed by atoms with van der Waals surface area (Å²) in [7, 11) is 0. The molecule has 1 aliphatic carbocycles. The lowest BCUT2D eigenvalue weighted by atomic mass is 10.1. The molecule has 2 rings (SSSR count). The Morgan fingerprint density at radius 2 is 2.09 bits per heavy atom. The third-order valence-corrected chi connectivity index (χ3v) is 6.00. The van der Waals surface area contributed by atoms with E-state index < -0.39 is 0 Å². The van der Waals surface area contributed by atoms with Gasteiger partial charge in [-0.1, -0.05) is 0 Å². The third-order valence-electron chi connectivity index (χ3n) is 2.43. The van der Waals surface area contributed by atoms with Gasteiger partial charge in [-0.2, -0.15) is 5.26 Å². The second-order valence-electron chi connectivity index (χ2n) is 3.18. The van der Waals surface area contributed by atoms with Gasteiger partial charge in [0.05, 0.1) is 10.1 Å². The van der Waals surface area contributed by atoms with Crippen molar-refractivity contribution in [1.29, 1.82) is 5.26 Å². The lowest BCUT2D eigenvalue weighted by molar-refractivity contribution is 0.699. The minimum atomic E-state index is 0.355. The summed E-state index contributed by atoms with van der Waals surface area (Å²) in [5.74, 6) is 2.94. The molecule has 1 saturated carbocycles. The second-order valence-corrected chi connectivity index (χ2v) is 6.39. The molecule has 0 unspecified atom stereocenters. The summed E-state index contributed by atoms with van der Waals surface area (Å²) in [6, 6.07) is 2.39. The first-order valence-electron chi connectivity index (χ1n) is 4.02. The minimum absolute atomic E-state index is 0.355. The van der Waals surface area contributed by atoms with Gasteiger partial charge in [0.2, 0.25) is 0 Å². The molecule has 0 N–H and O–H groups in total. The highest BCUT2D eigenvalue weighted by Gasteiger charge is 2.42. The maximum atomic E-state index is 8.74. The molecule has 0 aromatic carbocycles. The minimum Gasteiger partial charge on any atom is -0.198 e. The fraction of sp³-hybridized carbons (Fsp3) is 0.875. The summed E-state index contributed by atoms with van der Waals surface area (Å²) in [5.41, 5.74) is 0. The molecule has 11 heavy (non-hydrogen) atoms. The molecule has 0 bridgehead atoms. The molecule has 0 aromatic heterocycles. The molecule has 1 nitrogen and oxygen atoms in total. The molecular weight excluding hydrogens is 174 g/mol. The van der Waals surface area contributed by atoms with Crippen molar-refractivity contribution in [2.24, 2.45) is 5.92 Å². The molecule has 1 heterocycles. The van der Waals surface area contributed by atoms with Gasteiger partial charge in [0.15, 0.2) is 0 Å². The summed E-state index contributed by atoms with van der Waals surface area (Å²) < 4.78 is 0.473. The Morgan fingerprint density at radius 3 is 2.64 bits per heavy atom. The van der Waals surface area contributed by atoms with Crippen molar-refractivity contribution in [1.82, 2.24) is 0 Å². The van der Waals surface area contributed by atoms with E-state index in [1.807, 2.05) is 0 Å². The predicted molar refractivity (Wildman–Crippen MR) is 50.6 cm³/mol. The van der Waals surface area contributed by atoms with E-state index in [1.54, 1.807) is 0 Å². The first-order valence-corrected chi connectivity index (χ1v) is 5.99. The van der Waals surface area contributed by atoms with Gasteiger partial charge in [-0.3, -0.25) is 0 Å².